The van der Waals surface area contributed by atoms with E-state index in [0.29, 0.717) is 12.2 Å². The zero-order valence-electron chi connectivity index (χ0n) is 14.7. The third-order valence-electron chi connectivity index (χ3n) is 4.24. The van der Waals surface area contributed by atoms with Gasteiger partial charge in [-0.05, 0) is 58.0 Å². The van der Waals surface area contributed by atoms with Crippen LogP contribution in [0, 0.1) is 13.8 Å². The van der Waals surface area contributed by atoms with Crippen LogP contribution in [0.2, 0.25) is 0 Å². The Hall–Kier alpha value is -1.88. The standard InChI is InChI=1S/C18H28N4O/c1-5-21(6-2)12-8-7-11-19-18(23)17-15(4)20-16-10-9-14(3)13-22(16)17/h9-10,13H,5-8,11-12H2,1-4H3,(H,19,23). The number of nitrogens with zero attached hydrogens (tertiary/aromatic N) is 3. The summed E-state index contributed by atoms with van der Waals surface area (Å²) in [5, 5.41) is 3.03. The topological polar surface area (TPSA) is 49.6 Å². The summed E-state index contributed by atoms with van der Waals surface area (Å²) in [6, 6.07) is 3.96. The fourth-order valence-electron chi connectivity index (χ4n) is 2.83. The van der Waals surface area contributed by atoms with Gasteiger partial charge in [-0.25, -0.2) is 4.98 Å². The Morgan fingerprint density at radius 3 is 2.65 bits per heavy atom. The van der Waals surface area contributed by atoms with E-state index in [9.17, 15) is 4.79 Å². The summed E-state index contributed by atoms with van der Waals surface area (Å²) in [5.74, 6) is -0.0385. The Morgan fingerprint density at radius 1 is 1.22 bits per heavy atom. The first kappa shape index (κ1) is 17.5. The lowest BCUT2D eigenvalue weighted by molar-refractivity contribution is 0.0946. The Kier molecular flexibility index (Phi) is 6.16. The van der Waals surface area contributed by atoms with Crippen molar-refractivity contribution in [2.75, 3.05) is 26.2 Å². The van der Waals surface area contributed by atoms with Crippen molar-refractivity contribution >= 4 is 11.6 Å². The molecule has 126 valence electrons. The van der Waals surface area contributed by atoms with Gasteiger partial charge in [0.05, 0.1) is 5.69 Å². The molecule has 23 heavy (non-hydrogen) atoms. The van der Waals surface area contributed by atoms with Gasteiger partial charge in [-0.15, -0.1) is 0 Å². The molecule has 1 N–H and O–H groups in total. The van der Waals surface area contributed by atoms with Crippen molar-refractivity contribution in [2.24, 2.45) is 0 Å². The van der Waals surface area contributed by atoms with E-state index >= 15 is 0 Å². The summed E-state index contributed by atoms with van der Waals surface area (Å²) in [6.45, 7) is 12.2. The van der Waals surface area contributed by atoms with E-state index in [4.69, 9.17) is 0 Å². The third-order valence-corrected chi connectivity index (χ3v) is 4.24. The summed E-state index contributed by atoms with van der Waals surface area (Å²) < 4.78 is 1.88. The Morgan fingerprint density at radius 2 is 1.96 bits per heavy atom. The van der Waals surface area contributed by atoms with Gasteiger partial charge in [-0.3, -0.25) is 9.20 Å². The van der Waals surface area contributed by atoms with Crippen molar-refractivity contribution in [1.29, 1.82) is 0 Å². The van der Waals surface area contributed by atoms with Gasteiger partial charge in [0.2, 0.25) is 0 Å². The number of aryl methyl sites for hydroxylation is 2. The average Bonchev–Trinajstić information content (AvgIpc) is 2.86. The molecule has 2 heterocycles. The van der Waals surface area contributed by atoms with Gasteiger partial charge in [-0.2, -0.15) is 0 Å². The molecule has 5 nitrogen and oxygen atoms in total. The first-order chi connectivity index (χ1) is 11.1. The van der Waals surface area contributed by atoms with Crippen molar-refractivity contribution in [3.05, 3.63) is 35.3 Å². The normalized spacial score (nSPS) is 11.3. The molecule has 1 amide bonds. The van der Waals surface area contributed by atoms with E-state index in [0.717, 1.165) is 49.4 Å². The highest BCUT2D eigenvalue weighted by atomic mass is 16.1. The predicted molar refractivity (Wildman–Crippen MR) is 94.0 cm³/mol. The van der Waals surface area contributed by atoms with E-state index in [1.165, 1.54) is 0 Å². The van der Waals surface area contributed by atoms with E-state index in [1.807, 2.05) is 36.6 Å². The van der Waals surface area contributed by atoms with Crippen LogP contribution >= 0.6 is 0 Å². The molecule has 0 aliphatic heterocycles. The van der Waals surface area contributed by atoms with Crippen molar-refractivity contribution < 1.29 is 4.79 Å². The SMILES string of the molecule is CCN(CC)CCCCNC(=O)c1c(C)nc2ccc(C)cn12. The van der Waals surface area contributed by atoms with Crippen LogP contribution < -0.4 is 5.32 Å². The van der Waals surface area contributed by atoms with Crippen molar-refractivity contribution in [2.45, 2.75) is 40.5 Å². The Balaban J connectivity index is 1.91. The number of carbonyl (C=O) groups is 1. The Labute approximate surface area is 138 Å². The number of amides is 1. The van der Waals surface area contributed by atoms with Crippen molar-refractivity contribution in [1.82, 2.24) is 19.6 Å². The molecule has 0 aliphatic rings. The molecule has 5 heteroatoms. The van der Waals surface area contributed by atoms with E-state index in [2.05, 4.69) is 29.0 Å². The monoisotopic (exact) mass is 316 g/mol. The zero-order chi connectivity index (χ0) is 16.8. The van der Waals surface area contributed by atoms with Crippen LogP contribution in [0.4, 0.5) is 0 Å². The number of rotatable bonds is 8. The van der Waals surface area contributed by atoms with Crippen molar-refractivity contribution in [3.63, 3.8) is 0 Å². The maximum Gasteiger partial charge on any atom is 0.270 e. The number of nitrogens with one attached hydrogen (secondary N) is 1. The lowest BCUT2D eigenvalue weighted by Gasteiger charge is -2.17. The van der Waals surface area contributed by atoms with E-state index in [1.54, 1.807) is 0 Å². The van der Waals surface area contributed by atoms with Gasteiger partial charge in [0.1, 0.15) is 11.3 Å². The lowest BCUT2D eigenvalue weighted by atomic mass is 10.2. The average molecular weight is 316 g/mol. The van der Waals surface area contributed by atoms with Gasteiger partial charge < -0.3 is 10.2 Å². The number of aromatic nitrogens is 2. The number of fused-ring (bicyclic) bond motifs is 1. The summed E-state index contributed by atoms with van der Waals surface area (Å²) in [4.78, 5) is 19.3. The largest absolute Gasteiger partial charge is 0.351 e. The molecule has 0 unspecified atom stereocenters. The zero-order valence-corrected chi connectivity index (χ0v) is 14.7. The van der Waals surface area contributed by atoms with E-state index in [-0.39, 0.29) is 5.91 Å². The second-order valence-electron chi connectivity index (χ2n) is 5.97. The van der Waals surface area contributed by atoms with Gasteiger partial charge in [-0.1, -0.05) is 19.9 Å². The maximum atomic E-state index is 12.5. The van der Waals surface area contributed by atoms with Crippen LogP contribution in [-0.4, -0.2) is 46.4 Å². The van der Waals surface area contributed by atoms with Gasteiger partial charge in [0, 0.05) is 12.7 Å². The first-order valence-electron chi connectivity index (χ1n) is 8.52. The second kappa shape index (κ2) is 8.11. The molecule has 0 radical (unpaired) electrons. The molecule has 2 aromatic heterocycles. The van der Waals surface area contributed by atoms with E-state index < -0.39 is 0 Å². The highest BCUT2D eigenvalue weighted by molar-refractivity contribution is 5.94. The third kappa shape index (κ3) is 4.32. The van der Waals surface area contributed by atoms with Gasteiger partial charge in [0.25, 0.3) is 5.91 Å². The Bertz CT molecular complexity index is 658. The second-order valence-corrected chi connectivity index (χ2v) is 5.97. The fourth-order valence-corrected chi connectivity index (χ4v) is 2.83. The molecule has 0 aliphatic carbocycles. The smallest absolute Gasteiger partial charge is 0.270 e. The summed E-state index contributed by atoms with van der Waals surface area (Å²) in [7, 11) is 0. The van der Waals surface area contributed by atoms with Crippen LogP contribution in [0.3, 0.4) is 0 Å². The molecule has 0 saturated carbocycles. The lowest BCUT2D eigenvalue weighted by Crippen LogP contribution is -2.28. The fraction of sp³-hybridized carbons (Fsp3) is 0.556. The molecule has 0 aromatic carbocycles. The molecule has 0 saturated heterocycles. The number of hydrogen-bond donors (Lipinski definition) is 1. The summed E-state index contributed by atoms with van der Waals surface area (Å²) in [5.41, 5.74) is 3.35. The highest BCUT2D eigenvalue weighted by Crippen LogP contribution is 2.13. The molecular weight excluding hydrogens is 288 g/mol. The number of unbranched alkanes of at least 4 members (excludes halogenated alkanes) is 1. The number of imidazole rings is 1. The minimum Gasteiger partial charge on any atom is -0.351 e. The van der Waals surface area contributed by atoms with Crippen LogP contribution in [0.1, 0.15) is 48.4 Å². The maximum absolute atomic E-state index is 12.5. The van der Waals surface area contributed by atoms with Crippen LogP contribution in [0.25, 0.3) is 5.65 Å². The number of pyridine rings is 1. The highest BCUT2D eigenvalue weighted by Gasteiger charge is 2.16. The molecule has 2 rings (SSSR count). The number of hydrogen-bond acceptors (Lipinski definition) is 3. The quantitative estimate of drug-likeness (QED) is 0.762. The van der Waals surface area contributed by atoms with Crippen LogP contribution in [0.5, 0.6) is 0 Å². The molecule has 0 spiro atoms. The minimum absolute atomic E-state index is 0.0385. The van der Waals surface area contributed by atoms with Crippen LogP contribution in [0.15, 0.2) is 18.3 Å². The minimum atomic E-state index is -0.0385. The number of carbonyl (C=O) groups excluding carboxylic acids is 1. The molecule has 0 fully saturated rings. The van der Waals surface area contributed by atoms with Crippen LogP contribution in [-0.2, 0) is 0 Å². The van der Waals surface area contributed by atoms with Gasteiger partial charge >= 0.3 is 0 Å². The summed E-state index contributed by atoms with van der Waals surface area (Å²) in [6.07, 6.45) is 4.06. The molecule has 2 aromatic rings. The predicted octanol–water partition coefficient (Wildman–Crippen LogP) is 2.80. The molecule has 0 atom stereocenters. The molecular formula is C18H28N4O. The van der Waals surface area contributed by atoms with Gasteiger partial charge in [0.15, 0.2) is 0 Å². The summed E-state index contributed by atoms with van der Waals surface area (Å²) >= 11 is 0. The first-order valence-corrected chi connectivity index (χ1v) is 8.52. The molecule has 0 bridgehead atoms. The van der Waals surface area contributed by atoms with Crippen molar-refractivity contribution in [3.8, 4) is 0 Å².